The zero-order valence-corrected chi connectivity index (χ0v) is 12.3. The van der Waals surface area contributed by atoms with E-state index in [2.05, 4.69) is 0 Å². The number of amidine groups is 1. The Balaban J connectivity index is 2.20. The van der Waals surface area contributed by atoms with Gasteiger partial charge in [0.15, 0.2) is 0 Å². The van der Waals surface area contributed by atoms with Crippen LogP contribution in [0, 0.1) is 19.3 Å². The summed E-state index contributed by atoms with van der Waals surface area (Å²) in [6, 6.07) is 11.3. The lowest BCUT2D eigenvalue weighted by Gasteiger charge is -2.14. The zero-order valence-electron chi connectivity index (χ0n) is 11.5. The quantitative estimate of drug-likeness (QED) is 0.664. The molecule has 20 heavy (non-hydrogen) atoms. The van der Waals surface area contributed by atoms with Crippen LogP contribution >= 0.6 is 11.6 Å². The van der Waals surface area contributed by atoms with E-state index in [1.807, 2.05) is 50.2 Å². The minimum Gasteiger partial charge on any atom is -0.488 e. The van der Waals surface area contributed by atoms with E-state index in [1.54, 1.807) is 0 Å². The maximum atomic E-state index is 7.48. The lowest BCUT2D eigenvalue weighted by molar-refractivity contribution is 0.302. The molecule has 0 aliphatic rings. The zero-order chi connectivity index (χ0) is 14.7. The van der Waals surface area contributed by atoms with Gasteiger partial charge < -0.3 is 10.5 Å². The minimum absolute atomic E-state index is 0.0672. The highest BCUT2D eigenvalue weighted by Gasteiger charge is 2.08. The van der Waals surface area contributed by atoms with Crippen molar-refractivity contribution in [1.29, 1.82) is 5.41 Å². The molecule has 4 heteroatoms. The van der Waals surface area contributed by atoms with Crippen molar-refractivity contribution in [3.63, 3.8) is 0 Å². The number of benzene rings is 2. The summed E-state index contributed by atoms with van der Waals surface area (Å²) < 4.78 is 5.87. The Hall–Kier alpha value is -2.00. The van der Waals surface area contributed by atoms with Crippen LogP contribution in [0.15, 0.2) is 36.4 Å². The van der Waals surface area contributed by atoms with Gasteiger partial charge >= 0.3 is 0 Å². The van der Waals surface area contributed by atoms with E-state index in [9.17, 15) is 0 Å². The third kappa shape index (κ3) is 3.31. The molecule has 0 aromatic heterocycles. The van der Waals surface area contributed by atoms with Crippen molar-refractivity contribution in [1.82, 2.24) is 0 Å². The Kier molecular flexibility index (Phi) is 4.30. The summed E-state index contributed by atoms with van der Waals surface area (Å²) in [7, 11) is 0. The van der Waals surface area contributed by atoms with Gasteiger partial charge in [-0.05, 0) is 54.8 Å². The first kappa shape index (κ1) is 14.4. The SMILES string of the molecule is Cc1cc(C(=N)N)cc(C)c1OCc1cccc(Cl)c1. The maximum Gasteiger partial charge on any atom is 0.125 e. The van der Waals surface area contributed by atoms with Gasteiger partial charge in [-0.25, -0.2) is 0 Å². The molecule has 0 aliphatic carbocycles. The number of aryl methyl sites for hydroxylation is 2. The van der Waals surface area contributed by atoms with Gasteiger partial charge in [0, 0.05) is 10.6 Å². The van der Waals surface area contributed by atoms with Crippen LogP contribution in [0.3, 0.4) is 0 Å². The Bertz CT molecular complexity index is 630. The first-order valence-corrected chi connectivity index (χ1v) is 6.68. The minimum atomic E-state index is 0.0672. The Morgan fingerprint density at radius 3 is 2.40 bits per heavy atom. The average Bonchev–Trinajstić information content (AvgIpc) is 2.37. The largest absolute Gasteiger partial charge is 0.488 e. The van der Waals surface area contributed by atoms with Crippen molar-refractivity contribution < 1.29 is 4.74 Å². The van der Waals surface area contributed by atoms with Crippen LogP contribution in [0.2, 0.25) is 5.02 Å². The molecule has 0 spiro atoms. The maximum absolute atomic E-state index is 7.48. The van der Waals surface area contributed by atoms with E-state index in [4.69, 9.17) is 27.5 Å². The van der Waals surface area contributed by atoms with Gasteiger partial charge in [-0.15, -0.1) is 0 Å². The molecule has 2 aromatic carbocycles. The smallest absolute Gasteiger partial charge is 0.125 e. The van der Waals surface area contributed by atoms with Gasteiger partial charge in [0.05, 0.1) is 0 Å². The standard InChI is InChI=1S/C16H17ClN2O/c1-10-6-13(16(18)19)7-11(2)15(10)20-9-12-4-3-5-14(17)8-12/h3-8H,9H2,1-2H3,(H3,18,19). The molecule has 0 aliphatic heterocycles. The van der Waals surface area contributed by atoms with Gasteiger partial charge in [0.25, 0.3) is 0 Å². The summed E-state index contributed by atoms with van der Waals surface area (Å²) in [5.41, 5.74) is 9.19. The van der Waals surface area contributed by atoms with Crippen LogP contribution in [0.4, 0.5) is 0 Å². The van der Waals surface area contributed by atoms with Gasteiger partial charge in [-0.3, -0.25) is 5.41 Å². The Morgan fingerprint density at radius 2 is 1.85 bits per heavy atom. The highest BCUT2D eigenvalue weighted by molar-refractivity contribution is 6.30. The molecule has 104 valence electrons. The summed E-state index contributed by atoms with van der Waals surface area (Å²) >= 11 is 5.95. The fourth-order valence-electron chi connectivity index (χ4n) is 2.12. The van der Waals surface area contributed by atoms with Crippen molar-refractivity contribution in [2.45, 2.75) is 20.5 Å². The molecule has 0 amide bonds. The summed E-state index contributed by atoms with van der Waals surface area (Å²) in [4.78, 5) is 0. The lowest BCUT2D eigenvalue weighted by Crippen LogP contribution is -2.12. The van der Waals surface area contributed by atoms with Gasteiger partial charge in [-0.1, -0.05) is 23.7 Å². The van der Waals surface area contributed by atoms with Crippen LogP contribution in [0.1, 0.15) is 22.3 Å². The first-order chi connectivity index (χ1) is 9.47. The first-order valence-electron chi connectivity index (χ1n) is 6.30. The number of hydrogen-bond acceptors (Lipinski definition) is 2. The van der Waals surface area contributed by atoms with E-state index >= 15 is 0 Å². The molecule has 0 fully saturated rings. The molecule has 0 heterocycles. The summed E-state index contributed by atoms with van der Waals surface area (Å²) in [5, 5.41) is 8.18. The van der Waals surface area contributed by atoms with Gasteiger partial charge in [0.1, 0.15) is 18.2 Å². The number of nitrogens with two attached hydrogens (primary N) is 1. The van der Waals surface area contributed by atoms with E-state index in [0.29, 0.717) is 11.6 Å². The van der Waals surface area contributed by atoms with Crippen molar-refractivity contribution in [3.8, 4) is 5.75 Å². The molecule has 0 saturated carbocycles. The summed E-state index contributed by atoms with van der Waals surface area (Å²) in [6.45, 7) is 4.36. The molecule has 3 N–H and O–H groups in total. The second kappa shape index (κ2) is 5.97. The van der Waals surface area contributed by atoms with Crippen LogP contribution in [-0.4, -0.2) is 5.84 Å². The fraction of sp³-hybridized carbons (Fsp3) is 0.188. The number of nitrogens with one attached hydrogen (secondary N) is 1. The topological polar surface area (TPSA) is 59.1 Å². The third-order valence-corrected chi connectivity index (χ3v) is 3.28. The molecular weight excluding hydrogens is 272 g/mol. The second-order valence-corrected chi connectivity index (χ2v) is 5.21. The number of rotatable bonds is 4. The van der Waals surface area contributed by atoms with E-state index < -0.39 is 0 Å². The van der Waals surface area contributed by atoms with Crippen molar-refractivity contribution in [2.75, 3.05) is 0 Å². The molecule has 0 saturated heterocycles. The lowest BCUT2D eigenvalue weighted by atomic mass is 10.1. The molecule has 2 rings (SSSR count). The second-order valence-electron chi connectivity index (χ2n) is 4.77. The van der Waals surface area contributed by atoms with Gasteiger partial charge in [-0.2, -0.15) is 0 Å². The van der Waals surface area contributed by atoms with Crippen molar-refractivity contribution in [3.05, 3.63) is 63.7 Å². The fourth-order valence-corrected chi connectivity index (χ4v) is 2.33. The highest BCUT2D eigenvalue weighted by atomic mass is 35.5. The summed E-state index contributed by atoms with van der Waals surface area (Å²) in [5.74, 6) is 0.896. The average molecular weight is 289 g/mol. The normalized spacial score (nSPS) is 10.3. The Morgan fingerprint density at radius 1 is 1.20 bits per heavy atom. The monoisotopic (exact) mass is 288 g/mol. The molecule has 0 unspecified atom stereocenters. The number of halogens is 1. The number of hydrogen-bond donors (Lipinski definition) is 2. The predicted octanol–water partition coefficient (Wildman–Crippen LogP) is 3.82. The molecular formula is C16H17ClN2O. The molecule has 0 radical (unpaired) electrons. The number of nitrogen functional groups attached to an aromatic ring is 1. The molecule has 3 nitrogen and oxygen atoms in total. The van der Waals surface area contributed by atoms with Crippen LogP contribution in [0.25, 0.3) is 0 Å². The van der Waals surface area contributed by atoms with Crippen molar-refractivity contribution in [2.24, 2.45) is 5.73 Å². The van der Waals surface area contributed by atoms with Crippen molar-refractivity contribution >= 4 is 17.4 Å². The number of ether oxygens (including phenoxy) is 1. The van der Waals surface area contributed by atoms with Gasteiger partial charge in [0.2, 0.25) is 0 Å². The van der Waals surface area contributed by atoms with E-state index in [0.717, 1.165) is 28.0 Å². The Labute approximate surface area is 123 Å². The molecule has 2 aromatic rings. The molecule has 0 atom stereocenters. The van der Waals surface area contributed by atoms with Crippen LogP contribution in [-0.2, 0) is 6.61 Å². The predicted molar refractivity (Wildman–Crippen MR) is 82.7 cm³/mol. The highest BCUT2D eigenvalue weighted by Crippen LogP contribution is 2.26. The van der Waals surface area contributed by atoms with E-state index in [-0.39, 0.29) is 5.84 Å². The van der Waals surface area contributed by atoms with Crippen LogP contribution < -0.4 is 10.5 Å². The molecule has 0 bridgehead atoms. The van der Waals surface area contributed by atoms with E-state index in [1.165, 1.54) is 0 Å². The third-order valence-electron chi connectivity index (χ3n) is 3.04. The summed E-state index contributed by atoms with van der Waals surface area (Å²) in [6.07, 6.45) is 0. The van der Waals surface area contributed by atoms with Crippen LogP contribution in [0.5, 0.6) is 5.75 Å².